The van der Waals surface area contributed by atoms with Crippen LogP contribution in [-0.4, -0.2) is 103 Å². The summed E-state index contributed by atoms with van der Waals surface area (Å²) in [5, 5.41) is 25.7. The fraction of sp³-hybridized carbons (Fsp3) is 0.360. The van der Waals surface area contributed by atoms with Gasteiger partial charge < -0.3 is 14.9 Å². The molecule has 2 aromatic heterocycles. The molecule has 0 saturated carbocycles. The van der Waals surface area contributed by atoms with Crippen LogP contribution >= 0.6 is 11.6 Å². The highest BCUT2D eigenvalue weighted by Gasteiger charge is 2.41. The zero-order valence-corrected chi connectivity index (χ0v) is 21.6. The van der Waals surface area contributed by atoms with Crippen molar-refractivity contribution in [3.05, 3.63) is 58.9 Å². The first-order valence-corrected chi connectivity index (χ1v) is 12.9. The van der Waals surface area contributed by atoms with Crippen LogP contribution in [0.25, 0.3) is 22.3 Å². The standard InChI is InChI=1S/C25H23ClF3N9O2/c26-16-4-1-14(2-5-16)23(40)37-9-7-36(8-10-37)19-12-38(13-20(19)39)22-17-11-15(21-32-34-35-33-21)3-6-18(17)30-24(31-22)25(27,28)29/h1-6,11,19-20,39H,7-10,12-13H2,(H,32,33,34,35). The number of amides is 1. The summed E-state index contributed by atoms with van der Waals surface area (Å²) in [6, 6.07) is 11.0. The van der Waals surface area contributed by atoms with E-state index in [1.165, 1.54) is 6.07 Å². The number of aromatic amines is 1. The van der Waals surface area contributed by atoms with E-state index in [0.29, 0.717) is 47.7 Å². The third kappa shape index (κ3) is 5.05. The molecule has 2 aliphatic heterocycles. The predicted octanol–water partition coefficient (Wildman–Crippen LogP) is 2.49. The monoisotopic (exact) mass is 573 g/mol. The number of nitrogens with zero attached hydrogens (tertiary/aromatic N) is 8. The van der Waals surface area contributed by atoms with Gasteiger partial charge in [-0.3, -0.25) is 9.69 Å². The van der Waals surface area contributed by atoms with E-state index < -0.39 is 18.1 Å². The number of aliphatic hydroxyl groups excluding tert-OH is 1. The maximum absolute atomic E-state index is 13.7. The lowest BCUT2D eigenvalue weighted by Gasteiger charge is -2.38. The van der Waals surface area contributed by atoms with E-state index >= 15 is 0 Å². The number of tetrazole rings is 1. The van der Waals surface area contributed by atoms with Crippen molar-refractivity contribution in [1.29, 1.82) is 0 Å². The number of carbonyl (C=O) groups is 1. The van der Waals surface area contributed by atoms with Crippen molar-refractivity contribution >= 4 is 34.2 Å². The van der Waals surface area contributed by atoms with Gasteiger partial charge in [-0.15, -0.1) is 10.2 Å². The minimum Gasteiger partial charge on any atom is -0.390 e. The molecule has 0 bridgehead atoms. The van der Waals surface area contributed by atoms with E-state index in [4.69, 9.17) is 11.6 Å². The fourth-order valence-electron chi connectivity index (χ4n) is 5.24. The zero-order valence-electron chi connectivity index (χ0n) is 20.9. The maximum Gasteiger partial charge on any atom is 0.451 e. The number of nitrogens with one attached hydrogen (secondary N) is 1. The molecule has 0 spiro atoms. The number of aliphatic hydroxyl groups is 1. The molecule has 40 heavy (non-hydrogen) atoms. The number of aromatic nitrogens is 6. The number of piperazine rings is 1. The van der Waals surface area contributed by atoms with E-state index in [9.17, 15) is 23.1 Å². The molecule has 6 rings (SSSR count). The van der Waals surface area contributed by atoms with Crippen LogP contribution in [-0.2, 0) is 6.18 Å². The van der Waals surface area contributed by atoms with Gasteiger partial charge in [0.2, 0.25) is 11.6 Å². The number of β-amino-alcohol motifs (C(OH)–C–C–N with tert-alkyl or cyclic N) is 1. The lowest BCUT2D eigenvalue weighted by Crippen LogP contribution is -2.54. The lowest BCUT2D eigenvalue weighted by molar-refractivity contribution is -0.144. The SMILES string of the molecule is O=C(c1ccc(Cl)cc1)N1CCN(C2CN(c3nc(C(F)(F)F)nc4ccc(-c5nn[nH]n5)cc34)CC2O)CC1. The highest BCUT2D eigenvalue weighted by Crippen LogP contribution is 2.35. The average Bonchev–Trinajstić information content (AvgIpc) is 3.62. The van der Waals surface area contributed by atoms with Gasteiger partial charge in [-0.05, 0) is 47.7 Å². The van der Waals surface area contributed by atoms with Crippen molar-refractivity contribution in [2.24, 2.45) is 0 Å². The number of anilines is 1. The molecule has 2 saturated heterocycles. The highest BCUT2D eigenvalue weighted by atomic mass is 35.5. The Labute approximate surface area is 230 Å². The predicted molar refractivity (Wildman–Crippen MR) is 139 cm³/mol. The smallest absolute Gasteiger partial charge is 0.390 e. The molecule has 2 aliphatic rings. The summed E-state index contributed by atoms with van der Waals surface area (Å²) in [5.41, 5.74) is 1.18. The van der Waals surface area contributed by atoms with E-state index in [-0.39, 0.29) is 42.2 Å². The number of halogens is 4. The Balaban J connectivity index is 1.23. The molecule has 2 atom stereocenters. The molecular formula is C25H23ClF3N9O2. The minimum absolute atomic E-state index is 0.0702. The fourth-order valence-corrected chi connectivity index (χ4v) is 5.36. The van der Waals surface area contributed by atoms with Crippen LogP contribution in [0.1, 0.15) is 16.2 Å². The van der Waals surface area contributed by atoms with Gasteiger partial charge in [0.15, 0.2) is 0 Å². The molecule has 0 aliphatic carbocycles. The second-order valence-corrected chi connectivity index (χ2v) is 10.1. The largest absolute Gasteiger partial charge is 0.451 e. The van der Waals surface area contributed by atoms with Gasteiger partial charge in [-0.2, -0.15) is 18.4 Å². The molecule has 4 aromatic rings. The second-order valence-electron chi connectivity index (χ2n) is 9.71. The first-order chi connectivity index (χ1) is 19.2. The highest BCUT2D eigenvalue weighted by molar-refractivity contribution is 6.30. The number of alkyl halides is 3. The van der Waals surface area contributed by atoms with E-state index in [2.05, 4.69) is 35.5 Å². The molecule has 2 aromatic carbocycles. The molecule has 2 N–H and O–H groups in total. The lowest BCUT2D eigenvalue weighted by atomic mass is 10.1. The summed E-state index contributed by atoms with van der Waals surface area (Å²) < 4.78 is 41.1. The first-order valence-electron chi connectivity index (χ1n) is 12.5. The van der Waals surface area contributed by atoms with Crippen molar-refractivity contribution in [1.82, 2.24) is 40.4 Å². The second kappa shape index (κ2) is 10.3. The molecular weight excluding hydrogens is 551 g/mol. The molecule has 0 radical (unpaired) electrons. The van der Waals surface area contributed by atoms with Gasteiger partial charge in [-0.25, -0.2) is 9.97 Å². The summed E-state index contributed by atoms with van der Waals surface area (Å²) >= 11 is 5.93. The summed E-state index contributed by atoms with van der Waals surface area (Å²) in [7, 11) is 0. The molecule has 1 amide bonds. The summed E-state index contributed by atoms with van der Waals surface area (Å²) in [6.07, 6.45) is -5.58. The van der Waals surface area contributed by atoms with Gasteiger partial charge in [0.1, 0.15) is 5.82 Å². The summed E-state index contributed by atoms with van der Waals surface area (Å²) in [4.78, 5) is 26.0. The van der Waals surface area contributed by atoms with Crippen molar-refractivity contribution in [2.45, 2.75) is 18.3 Å². The third-order valence-electron chi connectivity index (χ3n) is 7.25. The number of rotatable bonds is 4. The Morgan fingerprint density at radius 1 is 1.02 bits per heavy atom. The quantitative estimate of drug-likeness (QED) is 0.378. The van der Waals surface area contributed by atoms with E-state index in [1.807, 2.05) is 0 Å². The van der Waals surface area contributed by atoms with Gasteiger partial charge in [0.25, 0.3) is 5.91 Å². The molecule has 15 heteroatoms. The van der Waals surface area contributed by atoms with E-state index in [0.717, 1.165) is 0 Å². The molecule has 2 fully saturated rings. The first kappa shape index (κ1) is 26.3. The Hall–Kier alpha value is -3.88. The van der Waals surface area contributed by atoms with Crippen LogP contribution in [0.3, 0.4) is 0 Å². The van der Waals surface area contributed by atoms with Crippen LogP contribution in [0.2, 0.25) is 5.02 Å². The minimum atomic E-state index is -4.75. The van der Waals surface area contributed by atoms with Gasteiger partial charge in [-0.1, -0.05) is 11.6 Å². The summed E-state index contributed by atoms with van der Waals surface area (Å²) in [5.74, 6) is -1.01. The maximum atomic E-state index is 13.7. The Kier molecular flexibility index (Phi) is 6.76. The zero-order chi connectivity index (χ0) is 28.0. The number of carbonyl (C=O) groups excluding carboxylic acids is 1. The van der Waals surface area contributed by atoms with Crippen LogP contribution in [0.5, 0.6) is 0 Å². The topological polar surface area (TPSA) is 127 Å². The Morgan fingerprint density at radius 2 is 1.77 bits per heavy atom. The van der Waals surface area contributed by atoms with Gasteiger partial charge in [0.05, 0.1) is 17.7 Å². The molecule has 208 valence electrons. The van der Waals surface area contributed by atoms with Crippen LogP contribution in [0, 0.1) is 0 Å². The van der Waals surface area contributed by atoms with Gasteiger partial charge >= 0.3 is 6.18 Å². The average molecular weight is 574 g/mol. The third-order valence-corrected chi connectivity index (χ3v) is 7.50. The Bertz CT molecular complexity index is 1530. The van der Waals surface area contributed by atoms with Crippen LogP contribution in [0.15, 0.2) is 42.5 Å². The van der Waals surface area contributed by atoms with Crippen molar-refractivity contribution in [3.8, 4) is 11.4 Å². The number of hydrogen-bond acceptors (Lipinski definition) is 9. The van der Waals surface area contributed by atoms with Crippen LogP contribution in [0.4, 0.5) is 19.0 Å². The molecule has 11 nitrogen and oxygen atoms in total. The van der Waals surface area contributed by atoms with E-state index in [1.54, 1.807) is 46.2 Å². The number of H-pyrrole nitrogens is 1. The van der Waals surface area contributed by atoms with Crippen molar-refractivity contribution < 1.29 is 23.1 Å². The molecule has 2 unspecified atom stereocenters. The number of hydrogen-bond donors (Lipinski definition) is 2. The summed E-state index contributed by atoms with van der Waals surface area (Å²) in [6.45, 7) is 2.26. The normalized spacial score (nSPS) is 20.4. The number of benzene rings is 2. The number of fused-ring (bicyclic) bond motifs is 1. The molecule has 4 heterocycles. The van der Waals surface area contributed by atoms with Crippen LogP contribution < -0.4 is 4.90 Å². The Morgan fingerprint density at radius 3 is 2.45 bits per heavy atom. The van der Waals surface area contributed by atoms with Crippen molar-refractivity contribution in [3.63, 3.8) is 0 Å². The van der Waals surface area contributed by atoms with Gasteiger partial charge in [0, 0.05) is 60.8 Å². The van der Waals surface area contributed by atoms with Crippen molar-refractivity contribution in [2.75, 3.05) is 44.2 Å².